The van der Waals surface area contributed by atoms with Gasteiger partial charge in [-0.15, -0.1) is 0 Å². The summed E-state index contributed by atoms with van der Waals surface area (Å²) in [5.74, 6) is 0. The Morgan fingerprint density at radius 2 is 3.00 bits per heavy atom. The number of rotatable bonds is 1. The molecule has 0 spiro atoms. The number of hydrogen-bond acceptors (Lipinski definition) is 2. The molecule has 3 heteroatoms. The average molecular weight is 90.1 g/mol. The molecule has 0 aliphatic rings. The molecule has 1 amide bonds. The molecule has 0 aliphatic heterocycles. The Hall–Kier alpha value is -0.730. The van der Waals surface area contributed by atoms with Crippen molar-refractivity contribution in [3.63, 3.8) is 0 Å². The normalized spacial score (nSPS) is 9.67. The van der Waals surface area contributed by atoms with Gasteiger partial charge in [0.25, 0.3) is 0 Å². The van der Waals surface area contributed by atoms with Crippen molar-refractivity contribution in [3.8, 4) is 0 Å². The van der Waals surface area contributed by atoms with Crippen molar-refractivity contribution in [2.75, 3.05) is 6.61 Å². The second-order valence-electron chi connectivity index (χ2n) is 0.667. The molecule has 0 aliphatic carbocycles. The van der Waals surface area contributed by atoms with E-state index in [0.717, 1.165) is 0 Å². The summed E-state index contributed by atoms with van der Waals surface area (Å²) >= 11 is 0. The Morgan fingerprint density at radius 1 is 2.33 bits per heavy atom. The minimum Gasteiger partial charge on any atom is -0.450 e. The maximum Gasteiger partial charge on any atom is 0.404 e. The van der Waals surface area contributed by atoms with Gasteiger partial charge >= 0.3 is 6.09 Å². The molecule has 0 saturated heterocycles. The number of nitrogens with two attached hydrogens (primary N) is 1. The standard InChI is InChI=1S/C3H7NO2/c1-2-6-3(4)5/h2H2,1H3,(H2,4,5)/i1D. The van der Waals surface area contributed by atoms with Gasteiger partial charge in [-0.2, -0.15) is 0 Å². The van der Waals surface area contributed by atoms with Crippen LogP contribution in [0, 0.1) is 0 Å². The summed E-state index contributed by atoms with van der Waals surface area (Å²) in [6.07, 6.45) is -0.813. The molecule has 0 atom stereocenters. The van der Waals surface area contributed by atoms with E-state index in [9.17, 15) is 4.79 Å². The molecule has 0 bridgehead atoms. The number of carbonyl (C=O) groups is 1. The van der Waals surface area contributed by atoms with E-state index in [-0.39, 0.29) is 13.5 Å². The molecule has 0 rings (SSSR count). The number of amides is 1. The topological polar surface area (TPSA) is 52.3 Å². The highest BCUT2D eigenvalue weighted by Gasteiger charge is 1.82. The quantitative estimate of drug-likeness (QED) is 0.496. The van der Waals surface area contributed by atoms with Crippen molar-refractivity contribution < 1.29 is 10.9 Å². The fourth-order valence-corrected chi connectivity index (χ4v) is 0.101. The molecular weight excluding hydrogens is 82.0 g/mol. The summed E-state index contributed by atoms with van der Waals surface area (Å²) in [4.78, 5) is 9.67. The molecule has 36 valence electrons. The van der Waals surface area contributed by atoms with Crippen LogP contribution in [0.25, 0.3) is 0 Å². The van der Waals surface area contributed by atoms with E-state index >= 15 is 0 Å². The van der Waals surface area contributed by atoms with Crippen LogP contribution in [0.1, 0.15) is 8.27 Å². The third-order valence-corrected chi connectivity index (χ3v) is 0.244. The molecule has 0 heterocycles. The zero-order valence-electron chi connectivity index (χ0n) is 4.31. The van der Waals surface area contributed by atoms with E-state index in [0.29, 0.717) is 0 Å². The first-order valence-corrected chi connectivity index (χ1v) is 1.49. The minimum atomic E-state index is -0.813. The van der Waals surface area contributed by atoms with E-state index < -0.39 is 6.09 Å². The molecular formula is C3H7NO2. The summed E-state index contributed by atoms with van der Waals surface area (Å²) < 4.78 is 10.6. The van der Waals surface area contributed by atoms with Crippen LogP contribution in [0.3, 0.4) is 0 Å². The first-order valence-electron chi connectivity index (χ1n) is 2.19. The largest absolute Gasteiger partial charge is 0.450 e. The Kier molecular flexibility index (Phi) is 1.44. The molecule has 0 unspecified atom stereocenters. The number of primary amides is 1. The van der Waals surface area contributed by atoms with E-state index in [2.05, 4.69) is 10.5 Å². The van der Waals surface area contributed by atoms with Gasteiger partial charge < -0.3 is 10.5 Å². The van der Waals surface area contributed by atoms with E-state index in [1.807, 2.05) is 0 Å². The van der Waals surface area contributed by atoms with Crippen LogP contribution < -0.4 is 5.73 Å². The monoisotopic (exact) mass is 90.1 g/mol. The van der Waals surface area contributed by atoms with E-state index in [1.54, 1.807) is 0 Å². The number of ether oxygens (including phenoxy) is 1. The SMILES string of the molecule is [2H]CCOC(N)=O. The Morgan fingerprint density at radius 3 is 3.17 bits per heavy atom. The first kappa shape index (κ1) is 3.46. The van der Waals surface area contributed by atoms with Crippen molar-refractivity contribution in [1.82, 2.24) is 0 Å². The molecule has 2 N–H and O–H groups in total. The zero-order chi connectivity index (χ0) is 5.70. The lowest BCUT2D eigenvalue weighted by Crippen LogP contribution is -2.11. The van der Waals surface area contributed by atoms with Gasteiger partial charge in [0.05, 0.1) is 6.61 Å². The van der Waals surface area contributed by atoms with Gasteiger partial charge in [0.15, 0.2) is 0 Å². The number of hydrogen-bond donors (Lipinski definition) is 1. The van der Waals surface area contributed by atoms with Gasteiger partial charge in [-0.1, -0.05) is 0 Å². The second-order valence-corrected chi connectivity index (χ2v) is 0.667. The summed E-state index contributed by atoms with van der Waals surface area (Å²) in [6.45, 7) is 0.165. The highest BCUT2D eigenvalue weighted by molar-refractivity contribution is 5.64. The minimum absolute atomic E-state index is 0.0724. The van der Waals surface area contributed by atoms with Gasteiger partial charge in [-0.3, -0.25) is 0 Å². The smallest absolute Gasteiger partial charge is 0.404 e. The van der Waals surface area contributed by atoms with Crippen LogP contribution in [0.4, 0.5) is 4.79 Å². The third-order valence-electron chi connectivity index (χ3n) is 0.244. The average Bonchev–Trinajstić information content (AvgIpc) is 1.61. The van der Waals surface area contributed by atoms with E-state index in [4.69, 9.17) is 1.37 Å². The molecule has 6 heavy (non-hydrogen) atoms. The maximum absolute atomic E-state index is 9.67. The van der Waals surface area contributed by atoms with Crippen molar-refractivity contribution in [1.29, 1.82) is 0 Å². The lowest BCUT2D eigenvalue weighted by molar-refractivity contribution is 0.163. The lowest BCUT2D eigenvalue weighted by Gasteiger charge is -1.89. The van der Waals surface area contributed by atoms with Crippen LogP contribution in [0.15, 0.2) is 0 Å². The molecule has 0 fully saturated rings. The van der Waals surface area contributed by atoms with Gasteiger partial charge in [0.2, 0.25) is 0 Å². The van der Waals surface area contributed by atoms with Gasteiger partial charge in [-0.25, -0.2) is 4.79 Å². The molecule has 3 nitrogen and oxygen atoms in total. The molecule has 0 aromatic carbocycles. The van der Waals surface area contributed by atoms with Crippen molar-refractivity contribution in [2.45, 2.75) is 6.90 Å². The van der Waals surface area contributed by atoms with Crippen LogP contribution in [0.2, 0.25) is 0 Å². The zero-order valence-corrected chi connectivity index (χ0v) is 3.31. The maximum atomic E-state index is 9.67. The fourth-order valence-electron chi connectivity index (χ4n) is 0.101. The summed E-state index contributed by atoms with van der Waals surface area (Å²) in [5.41, 5.74) is 4.53. The highest BCUT2D eigenvalue weighted by atomic mass is 16.5. The second kappa shape index (κ2) is 2.50. The van der Waals surface area contributed by atoms with Gasteiger partial charge in [-0.05, 0) is 6.90 Å². The van der Waals surface area contributed by atoms with Gasteiger partial charge in [0, 0.05) is 1.37 Å². The summed E-state index contributed by atoms with van der Waals surface area (Å²) in [7, 11) is 0. The summed E-state index contributed by atoms with van der Waals surface area (Å²) in [5, 5.41) is 0. The van der Waals surface area contributed by atoms with Gasteiger partial charge in [0.1, 0.15) is 0 Å². The molecule has 0 radical (unpaired) electrons. The van der Waals surface area contributed by atoms with Crippen LogP contribution >= 0.6 is 0 Å². The predicted molar refractivity (Wildman–Crippen MR) is 21.2 cm³/mol. The van der Waals surface area contributed by atoms with Crippen molar-refractivity contribution >= 4 is 6.09 Å². The Bertz CT molecular complexity index is 66.0. The summed E-state index contributed by atoms with van der Waals surface area (Å²) in [6, 6.07) is 0. The fraction of sp³-hybridized carbons (Fsp3) is 0.667. The van der Waals surface area contributed by atoms with Crippen LogP contribution in [-0.2, 0) is 4.74 Å². The first-order chi connectivity index (χ1) is 3.27. The number of carbonyl (C=O) groups excluding carboxylic acids is 1. The third kappa shape index (κ3) is 3.27. The Labute approximate surface area is 37.5 Å². The van der Waals surface area contributed by atoms with Crippen molar-refractivity contribution in [2.24, 2.45) is 5.73 Å². The predicted octanol–water partition coefficient (Wildman–Crippen LogP) is 0.102. The molecule has 0 saturated carbocycles. The highest BCUT2D eigenvalue weighted by Crippen LogP contribution is 1.66. The lowest BCUT2D eigenvalue weighted by atomic mass is 10.9. The van der Waals surface area contributed by atoms with Crippen LogP contribution in [-0.4, -0.2) is 12.7 Å². The Balaban J connectivity index is 2.82. The molecule has 0 aromatic rings. The molecule has 0 aromatic heterocycles. The van der Waals surface area contributed by atoms with Crippen LogP contribution in [0.5, 0.6) is 0 Å². The van der Waals surface area contributed by atoms with E-state index in [1.165, 1.54) is 0 Å². The van der Waals surface area contributed by atoms with Crippen molar-refractivity contribution in [3.05, 3.63) is 0 Å².